The number of carbonyl (C=O) groups is 2. The summed E-state index contributed by atoms with van der Waals surface area (Å²) in [4.78, 5) is 33.8. The predicted molar refractivity (Wildman–Crippen MR) is 105 cm³/mol. The second kappa shape index (κ2) is 7.49. The van der Waals surface area contributed by atoms with Gasteiger partial charge < -0.3 is 15.1 Å². The van der Waals surface area contributed by atoms with Crippen molar-refractivity contribution in [2.75, 3.05) is 31.1 Å². The van der Waals surface area contributed by atoms with Crippen molar-refractivity contribution in [1.29, 1.82) is 0 Å². The van der Waals surface area contributed by atoms with Crippen molar-refractivity contribution in [3.63, 3.8) is 0 Å². The van der Waals surface area contributed by atoms with Gasteiger partial charge in [-0.1, -0.05) is 0 Å². The Balaban J connectivity index is 1.30. The quantitative estimate of drug-likeness (QED) is 0.885. The van der Waals surface area contributed by atoms with Crippen LogP contribution in [0.3, 0.4) is 0 Å². The summed E-state index contributed by atoms with van der Waals surface area (Å²) in [5, 5.41) is 2.84. The molecular weight excluding hydrogens is 340 g/mol. The van der Waals surface area contributed by atoms with Gasteiger partial charge in [0, 0.05) is 32.4 Å². The number of piperidine rings is 2. The van der Waals surface area contributed by atoms with E-state index in [9.17, 15) is 9.59 Å². The van der Waals surface area contributed by atoms with E-state index in [0.29, 0.717) is 11.0 Å². The first-order chi connectivity index (χ1) is 13.1. The molecule has 146 valence electrons. The molecule has 6 heteroatoms. The normalized spacial score (nSPS) is 22.4. The van der Waals surface area contributed by atoms with E-state index in [2.05, 4.69) is 15.2 Å². The van der Waals surface area contributed by atoms with Gasteiger partial charge in [-0.3, -0.25) is 9.59 Å². The second-order valence-electron chi connectivity index (χ2n) is 8.47. The van der Waals surface area contributed by atoms with Gasteiger partial charge in [0.1, 0.15) is 11.9 Å². The van der Waals surface area contributed by atoms with E-state index in [-0.39, 0.29) is 11.8 Å². The van der Waals surface area contributed by atoms with Crippen molar-refractivity contribution in [1.82, 2.24) is 15.2 Å². The number of hydrogen-bond donors (Lipinski definition) is 1. The maximum Gasteiger partial charge on any atom is 0.253 e. The summed E-state index contributed by atoms with van der Waals surface area (Å²) in [7, 11) is 0. The van der Waals surface area contributed by atoms with E-state index in [1.165, 1.54) is 32.1 Å². The van der Waals surface area contributed by atoms with Crippen LogP contribution in [0, 0.1) is 5.41 Å². The molecule has 1 spiro atoms. The number of likely N-dealkylation sites (tertiary alicyclic amines) is 1. The van der Waals surface area contributed by atoms with Crippen LogP contribution >= 0.6 is 0 Å². The highest BCUT2D eigenvalue weighted by Gasteiger charge is 2.45. The lowest BCUT2D eigenvalue weighted by Crippen LogP contribution is -2.49. The minimum atomic E-state index is -0.507. The van der Waals surface area contributed by atoms with Gasteiger partial charge >= 0.3 is 0 Å². The largest absolute Gasteiger partial charge is 0.357 e. The van der Waals surface area contributed by atoms with E-state index >= 15 is 0 Å². The number of pyridine rings is 1. The number of rotatable bonds is 4. The van der Waals surface area contributed by atoms with Crippen molar-refractivity contribution in [2.45, 2.75) is 57.9 Å². The van der Waals surface area contributed by atoms with Crippen LogP contribution in [0.15, 0.2) is 18.3 Å². The fourth-order valence-corrected chi connectivity index (χ4v) is 4.32. The van der Waals surface area contributed by atoms with Crippen molar-refractivity contribution >= 4 is 17.6 Å². The average molecular weight is 370 g/mol. The summed E-state index contributed by atoms with van der Waals surface area (Å²) in [5.74, 6) is 0.721. The first-order valence-corrected chi connectivity index (χ1v) is 10.4. The fraction of sp³-hybridized carbons (Fsp3) is 0.667. The molecule has 1 aromatic rings. The number of nitrogens with zero attached hydrogens (tertiary/aromatic N) is 3. The minimum Gasteiger partial charge on any atom is -0.357 e. The molecule has 3 fully saturated rings. The molecule has 3 aliphatic rings. The highest BCUT2D eigenvalue weighted by Crippen LogP contribution is 2.53. The molecule has 1 saturated carbocycles. The Morgan fingerprint density at radius 3 is 2.33 bits per heavy atom. The molecule has 0 bridgehead atoms. The van der Waals surface area contributed by atoms with E-state index in [1.807, 2.05) is 11.0 Å². The molecule has 0 aromatic carbocycles. The lowest BCUT2D eigenvalue weighted by atomic mass is 9.93. The summed E-state index contributed by atoms with van der Waals surface area (Å²) in [5.41, 5.74) is 1.05. The van der Waals surface area contributed by atoms with Gasteiger partial charge in [0.2, 0.25) is 5.91 Å². The topological polar surface area (TPSA) is 65.5 Å². The zero-order valence-corrected chi connectivity index (χ0v) is 16.2. The Morgan fingerprint density at radius 2 is 1.74 bits per heavy atom. The molecule has 4 rings (SSSR count). The van der Waals surface area contributed by atoms with Gasteiger partial charge in [-0.15, -0.1) is 0 Å². The SMILES string of the molecule is C[C@H](NC(=O)c1ccc(N2CCCCC2)nc1)C(=O)N1CCC2(CC1)CC2. The molecule has 1 aromatic heterocycles. The zero-order valence-electron chi connectivity index (χ0n) is 16.2. The van der Waals surface area contributed by atoms with Gasteiger partial charge in [-0.25, -0.2) is 4.98 Å². The molecule has 2 amide bonds. The Hall–Kier alpha value is -2.11. The van der Waals surface area contributed by atoms with Crippen LogP contribution < -0.4 is 10.2 Å². The lowest BCUT2D eigenvalue weighted by Gasteiger charge is -2.33. The Kier molecular flexibility index (Phi) is 5.06. The molecule has 1 atom stereocenters. The summed E-state index contributed by atoms with van der Waals surface area (Å²) in [6.45, 7) is 5.48. The first-order valence-electron chi connectivity index (χ1n) is 10.4. The number of aromatic nitrogens is 1. The third-order valence-corrected chi connectivity index (χ3v) is 6.50. The Morgan fingerprint density at radius 1 is 1.04 bits per heavy atom. The highest BCUT2D eigenvalue weighted by molar-refractivity contribution is 5.97. The predicted octanol–water partition coefficient (Wildman–Crippen LogP) is 2.59. The molecule has 1 N–H and O–H groups in total. The van der Waals surface area contributed by atoms with E-state index in [0.717, 1.165) is 44.8 Å². The number of carbonyl (C=O) groups excluding carboxylic acids is 2. The fourth-order valence-electron chi connectivity index (χ4n) is 4.32. The maximum absolute atomic E-state index is 12.6. The number of nitrogens with one attached hydrogen (secondary N) is 1. The van der Waals surface area contributed by atoms with Crippen LogP contribution in [0.1, 0.15) is 62.2 Å². The first kappa shape index (κ1) is 18.3. The number of anilines is 1. The van der Waals surface area contributed by atoms with Gasteiger partial charge in [0.15, 0.2) is 0 Å². The minimum absolute atomic E-state index is 0.0248. The molecule has 0 radical (unpaired) electrons. The van der Waals surface area contributed by atoms with Crippen molar-refractivity contribution in [2.24, 2.45) is 5.41 Å². The van der Waals surface area contributed by atoms with Crippen LogP contribution in [0.2, 0.25) is 0 Å². The van der Waals surface area contributed by atoms with Crippen molar-refractivity contribution in [3.8, 4) is 0 Å². The molecule has 3 heterocycles. The molecule has 2 aliphatic heterocycles. The monoisotopic (exact) mass is 370 g/mol. The molecule has 0 unspecified atom stereocenters. The third kappa shape index (κ3) is 4.09. The zero-order chi connectivity index (χ0) is 18.9. The standard InChI is InChI=1S/C21H30N4O2/c1-16(20(27)25-13-9-21(7-8-21)10-14-25)23-19(26)17-5-6-18(22-15-17)24-11-3-2-4-12-24/h5-6,15-16H,2-4,7-14H2,1H3,(H,23,26)/t16-/m0/s1. The van der Waals surface area contributed by atoms with Crippen LogP contribution in [-0.4, -0.2) is 53.9 Å². The van der Waals surface area contributed by atoms with E-state index < -0.39 is 6.04 Å². The van der Waals surface area contributed by atoms with Crippen LogP contribution in [0.4, 0.5) is 5.82 Å². The van der Waals surface area contributed by atoms with Crippen molar-refractivity contribution < 1.29 is 9.59 Å². The van der Waals surface area contributed by atoms with E-state index in [1.54, 1.807) is 19.2 Å². The summed E-state index contributed by atoms with van der Waals surface area (Å²) in [6, 6.07) is 3.21. The lowest BCUT2D eigenvalue weighted by molar-refractivity contribution is -0.134. The Bertz CT molecular complexity index is 683. The molecule has 27 heavy (non-hydrogen) atoms. The smallest absolute Gasteiger partial charge is 0.253 e. The summed E-state index contributed by atoms with van der Waals surface area (Å²) >= 11 is 0. The van der Waals surface area contributed by atoms with Crippen LogP contribution in [0.5, 0.6) is 0 Å². The number of amides is 2. The molecular formula is C21H30N4O2. The summed E-state index contributed by atoms with van der Waals surface area (Å²) < 4.78 is 0. The average Bonchev–Trinajstić information content (AvgIpc) is 3.47. The van der Waals surface area contributed by atoms with Gasteiger partial charge in [-0.2, -0.15) is 0 Å². The number of hydrogen-bond acceptors (Lipinski definition) is 4. The molecule has 1 aliphatic carbocycles. The van der Waals surface area contributed by atoms with E-state index in [4.69, 9.17) is 0 Å². The molecule has 2 saturated heterocycles. The molecule has 6 nitrogen and oxygen atoms in total. The maximum atomic E-state index is 12.6. The van der Waals surface area contributed by atoms with Gasteiger partial charge in [0.05, 0.1) is 5.56 Å². The summed E-state index contributed by atoms with van der Waals surface area (Å²) in [6.07, 6.45) is 10.2. The van der Waals surface area contributed by atoms with Gasteiger partial charge in [0.25, 0.3) is 5.91 Å². The second-order valence-corrected chi connectivity index (χ2v) is 8.47. The van der Waals surface area contributed by atoms with Crippen molar-refractivity contribution in [3.05, 3.63) is 23.9 Å². The Labute approximate surface area is 161 Å². The highest BCUT2D eigenvalue weighted by atomic mass is 16.2. The van der Waals surface area contributed by atoms with Crippen LogP contribution in [0.25, 0.3) is 0 Å². The van der Waals surface area contributed by atoms with Crippen LogP contribution in [-0.2, 0) is 4.79 Å². The third-order valence-electron chi connectivity index (χ3n) is 6.50. The van der Waals surface area contributed by atoms with Gasteiger partial charge in [-0.05, 0) is 69.4 Å².